The van der Waals surface area contributed by atoms with Gasteiger partial charge in [-0.1, -0.05) is 0 Å². The van der Waals surface area contributed by atoms with Crippen molar-refractivity contribution in [1.29, 1.82) is 0 Å². The molecule has 0 spiro atoms. The summed E-state index contributed by atoms with van der Waals surface area (Å²) in [7, 11) is 3.56. The van der Waals surface area contributed by atoms with Crippen molar-refractivity contribution >= 4 is 5.91 Å². The number of nitrogens with zero attached hydrogens (tertiary/aromatic N) is 3. The number of aromatic nitrogens is 2. The van der Waals surface area contributed by atoms with Gasteiger partial charge in [-0.15, -0.1) is 0 Å². The zero-order valence-corrected chi connectivity index (χ0v) is 15.2. The molecule has 1 heterocycles. The largest absolute Gasteiger partial charge is 0.390 e. The Bertz CT molecular complexity index is 609. The van der Waals surface area contributed by atoms with Crippen molar-refractivity contribution in [3.8, 4) is 0 Å². The molecule has 0 aliphatic heterocycles. The van der Waals surface area contributed by atoms with Crippen LogP contribution in [0.4, 0.5) is 0 Å². The second-order valence-corrected chi connectivity index (χ2v) is 7.32. The third-order valence-electron chi connectivity index (χ3n) is 5.67. The van der Waals surface area contributed by atoms with Crippen molar-refractivity contribution in [2.45, 2.75) is 70.7 Å². The van der Waals surface area contributed by atoms with Gasteiger partial charge in [0.25, 0.3) is 0 Å². The highest BCUT2D eigenvalue weighted by Crippen LogP contribution is 2.34. The van der Waals surface area contributed by atoms with E-state index in [4.69, 9.17) is 4.74 Å². The number of hydrogen-bond acceptors (Lipinski definition) is 4. The molecule has 2 aliphatic rings. The summed E-state index contributed by atoms with van der Waals surface area (Å²) in [6.07, 6.45) is 3.50. The molecule has 1 N–H and O–H groups in total. The minimum atomic E-state index is -0.448. The number of rotatable bonds is 5. The summed E-state index contributed by atoms with van der Waals surface area (Å²) in [5.41, 5.74) is 3.29. The predicted octanol–water partition coefficient (Wildman–Crippen LogP) is 1.70. The number of aliphatic hydroxyl groups excluding tert-OH is 1. The molecule has 0 saturated heterocycles. The molecule has 1 aromatic heterocycles. The summed E-state index contributed by atoms with van der Waals surface area (Å²) in [4.78, 5) is 15.2. The first kappa shape index (κ1) is 17.4. The highest BCUT2D eigenvalue weighted by Gasteiger charge is 2.40. The Kier molecular flexibility index (Phi) is 4.97. The zero-order valence-electron chi connectivity index (χ0n) is 15.2. The van der Waals surface area contributed by atoms with E-state index in [1.54, 1.807) is 7.11 Å². The van der Waals surface area contributed by atoms with Gasteiger partial charge in [0.05, 0.1) is 17.9 Å². The van der Waals surface area contributed by atoms with Crippen LogP contribution in [-0.4, -0.2) is 51.1 Å². The van der Waals surface area contributed by atoms with Gasteiger partial charge in [0.15, 0.2) is 0 Å². The quantitative estimate of drug-likeness (QED) is 0.889. The maximum atomic E-state index is 13.1. The van der Waals surface area contributed by atoms with E-state index in [0.29, 0.717) is 25.4 Å². The van der Waals surface area contributed by atoms with Gasteiger partial charge in [0.1, 0.15) is 0 Å². The average Bonchev–Trinajstić information content (AvgIpc) is 3.36. The lowest BCUT2D eigenvalue weighted by Gasteiger charge is -2.35. The average molecular weight is 335 g/mol. The molecule has 2 fully saturated rings. The molecule has 3 rings (SSSR count). The van der Waals surface area contributed by atoms with Gasteiger partial charge in [-0.05, 0) is 46.0 Å². The lowest BCUT2D eigenvalue weighted by atomic mass is 9.84. The van der Waals surface area contributed by atoms with Crippen LogP contribution >= 0.6 is 0 Å². The van der Waals surface area contributed by atoms with E-state index in [2.05, 4.69) is 12.0 Å². The van der Waals surface area contributed by atoms with E-state index in [1.165, 1.54) is 0 Å². The van der Waals surface area contributed by atoms with Crippen molar-refractivity contribution in [3.05, 3.63) is 17.0 Å². The van der Waals surface area contributed by atoms with Crippen LogP contribution in [0.25, 0.3) is 0 Å². The molecule has 134 valence electrons. The molecule has 1 aromatic rings. The van der Waals surface area contributed by atoms with Gasteiger partial charge in [0.2, 0.25) is 5.91 Å². The minimum Gasteiger partial charge on any atom is -0.390 e. The summed E-state index contributed by atoms with van der Waals surface area (Å²) in [5.74, 6) is 0.172. The Morgan fingerprint density at radius 3 is 2.58 bits per heavy atom. The monoisotopic (exact) mass is 335 g/mol. The van der Waals surface area contributed by atoms with Gasteiger partial charge in [0, 0.05) is 43.9 Å². The molecular formula is C18H29N3O3. The maximum absolute atomic E-state index is 13.1. The molecule has 2 aliphatic carbocycles. The van der Waals surface area contributed by atoms with E-state index in [-0.39, 0.29) is 17.9 Å². The van der Waals surface area contributed by atoms with Gasteiger partial charge >= 0.3 is 0 Å². The van der Waals surface area contributed by atoms with Crippen LogP contribution in [0, 0.1) is 19.8 Å². The topological polar surface area (TPSA) is 67.6 Å². The summed E-state index contributed by atoms with van der Waals surface area (Å²) in [5, 5.41) is 14.5. The molecule has 0 unspecified atom stereocenters. The number of aliphatic hydroxyl groups is 1. The van der Waals surface area contributed by atoms with Gasteiger partial charge in [-0.2, -0.15) is 5.10 Å². The van der Waals surface area contributed by atoms with E-state index in [9.17, 15) is 9.90 Å². The van der Waals surface area contributed by atoms with Crippen LogP contribution in [0.15, 0.2) is 0 Å². The number of hydrogen-bond donors (Lipinski definition) is 1. The molecule has 3 atom stereocenters. The first-order valence-electron chi connectivity index (χ1n) is 8.92. The fraction of sp³-hybridized carbons (Fsp3) is 0.778. The molecule has 0 radical (unpaired) electrons. The molecular weight excluding hydrogens is 306 g/mol. The van der Waals surface area contributed by atoms with Crippen LogP contribution in [0.3, 0.4) is 0 Å². The summed E-state index contributed by atoms with van der Waals surface area (Å²) < 4.78 is 7.25. The Labute approximate surface area is 143 Å². The van der Waals surface area contributed by atoms with Gasteiger partial charge in [-0.3, -0.25) is 9.48 Å². The smallest absolute Gasteiger partial charge is 0.226 e. The number of aryl methyl sites for hydroxylation is 2. The van der Waals surface area contributed by atoms with E-state index in [1.807, 2.05) is 23.6 Å². The van der Waals surface area contributed by atoms with Crippen molar-refractivity contribution in [2.75, 3.05) is 7.11 Å². The number of methoxy groups -OCH3 is 1. The molecule has 6 heteroatoms. The predicted molar refractivity (Wildman–Crippen MR) is 90.4 cm³/mol. The van der Waals surface area contributed by atoms with Crippen molar-refractivity contribution < 1.29 is 14.6 Å². The van der Waals surface area contributed by atoms with Crippen molar-refractivity contribution in [2.24, 2.45) is 13.0 Å². The number of carbonyl (C=O) groups excluding carboxylic acids is 1. The lowest BCUT2D eigenvalue weighted by Crippen LogP contribution is -2.44. The summed E-state index contributed by atoms with van der Waals surface area (Å²) >= 11 is 0. The minimum absolute atomic E-state index is 0.0452. The van der Waals surface area contributed by atoms with E-state index < -0.39 is 6.10 Å². The fourth-order valence-electron chi connectivity index (χ4n) is 3.82. The fourth-order valence-corrected chi connectivity index (χ4v) is 3.82. The van der Waals surface area contributed by atoms with Crippen LogP contribution in [-0.2, 0) is 23.1 Å². The van der Waals surface area contributed by atoms with Crippen molar-refractivity contribution in [3.63, 3.8) is 0 Å². The number of amides is 1. The molecule has 0 bridgehead atoms. The second-order valence-electron chi connectivity index (χ2n) is 7.32. The van der Waals surface area contributed by atoms with Crippen molar-refractivity contribution in [1.82, 2.24) is 14.7 Å². The van der Waals surface area contributed by atoms with E-state index in [0.717, 1.165) is 36.2 Å². The lowest BCUT2D eigenvalue weighted by molar-refractivity contribution is -0.142. The van der Waals surface area contributed by atoms with Crippen LogP contribution < -0.4 is 0 Å². The second kappa shape index (κ2) is 6.84. The molecule has 1 amide bonds. The first-order valence-corrected chi connectivity index (χ1v) is 8.92. The number of carbonyl (C=O) groups is 1. The molecule has 2 saturated carbocycles. The van der Waals surface area contributed by atoms with Gasteiger partial charge < -0.3 is 14.7 Å². The maximum Gasteiger partial charge on any atom is 0.226 e. The van der Waals surface area contributed by atoms with E-state index >= 15 is 0 Å². The molecule has 0 aromatic carbocycles. The normalized spacial score (nSPS) is 27.3. The van der Waals surface area contributed by atoms with Gasteiger partial charge in [-0.25, -0.2) is 0 Å². The summed E-state index contributed by atoms with van der Waals surface area (Å²) in [6, 6.07) is 0.365. The molecule has 24 heavy (non-hydrogen) atoms. The summed E-state index contributed by atoms with van der Waals surface area (Å²) in [6.45, 7) is 4.71. The Morgan fingerprint density at radius 1 is 1.33 bits per heavy atom. The highest BCUT2D eigenvalue weighted by atomic mass is 16.5. The Balaban J connectivity index is 1.75. The zero-order chi connectivity index (χ0) is 17.4. The third-order valence-corrected chi connectivity index (χ3v) is 5.67. The Morgan fingerprint density at radius 2 is 2.04 bits per heavy atom. The standard InChI is InChI=1S/C18H29N3O3/c1-11-15(12(2)20(3)19-11)10-21(14-6-7-14)18(23)13-5-8-16(22)17(9-13)24-4/h13-14,16-17,22H,5-10H2,1-4H3/t13-,16+,17-/m1/s1. The SMILES string of the molecule is CO[C@@H]1C[C@H](C(=O)N(Cc2c(C)nn(C)c2C)C2CC2)CC[C@@H]1O. The van der Waals surface area contributed by atoms with Crippen LogP contribution in [0.5, 0.6) is 0 Å². The Hall–Kier alpha value is -1.40. The van der Waals surface area contributed by atoms with Crippen LogP contribution in [0.2, 0.25) is 0 Å². The highest BCUT2D eigenvalue weighted by molar-refractivity contribution is 5.79. The first-order chi connectivity index (χ1) is 11.4. The third kappa shape index (κ3) is 3.35. The molecule has 6 nitrogen and oxygen atoms in total. The van der Waals surface area contributed by atoms with Crippen LogP contribution in [0.1, 0.15) is 49.1 Å². The number of ether oxygens (including phenoxy) is 1.